The Morgan fingerprint density at radius 1 is 1.23 bits per heavy atom. The first-order chi connectivity index (χ1) is 10.4. The van der Waals surface area contributed by atoms with Gasteiger partial charge in [-0.2, -0.15) is 0 Å². The van der Waals surface area contributed by atoms with Crippen molar-refractivity contribution in [1.82, 2.24) is 5.32 Å². The summed E-state index contributed by atoms with van der Waals surface area (Å²) < 4.78 is 0. The lowest BCUT2D eigenvalue weighted by atomic mass is 9.52. The molecular formula is C18H28N2O2. The number of nitrogens with two attached hydrogens (primary N) is 1. The van der Waals surface area contributed by atoms with E-state index in [9.17, 15) is 10.2 Å². The fourth-order valence-electron chi connectivity index (χ4n) is 5.73. The molecule has 3 fully saturated rings. The quantitative estimate of drug-likeness (QED) is 0.544. The van der Waals surface area contributed by atoms with Gasteiger partial charge >= 0.3 is 0 Å². The van der Waals surface area contributed by atoms with Crippen LogP contribution in [0, 0.1) is 22.7 Å². The minimum absolute atomic E-state index is 0.0328. The van der Waals surface area contributed by atoms with Crippen LogP contribution in [0.1, 0.15) is 39.5 Å². The molecule has 0 aromatic carbocycles. The van der Waals surface area contributed by atoms with E-state index < -0.39 is 6.23 Å². The normalized spacial score (nSPS) is 54.0. The molecule has 4 aliphatic rings. The molecule has 2 saturated carbocycles. The summed E-state index contributed by atoms with van der Waals surface area (Å²) in [7, 11) is 0. The SMILES string of the molecule is C[C@]12CNC(O)CC1=CC=C1[C@H]2CC[C@]2(C)C(N)C(O)C[C@@H]12. The molecule has 0 bridgehead atoms. The van der Waals surface area contributed by atoms with E-state index in [-0.39, 0.29) is 23.0 Å². The second-order valence-corrected chi connectivity index (χ2v) is 8.36. The summed E-state index contributed by atoms with van der Waals surface area (Å²) in [6.45, 7) is 5.43. The van der Waals surface area contributed by atoms with Gasteiger partial charge < -0.3 is 15.9 Å². The monoisotopic (exact) mass is 304 g/mol. The van der Waals surface area contributed by atoms with Crippen molar-refractivity contribution in [2.24, 2.45) is 28.4 Å². The molecule has 7 atom stereocenters. The summed E-state index contributed by atoms with van der Waals surface area (Å²) in [5.41, 5.74) is 9.33. The molecule has 4 nitrogen and oxygen atoms in total. The van der Waals surface area contributed by atoms with Crippen LogP contribution in [0.4, 0.5) is 0 Å². The van der Waals surface area contributed by atoms with Gasteiger partial charge in [0, 0.05) is 24.4 Å². The first-order valence-corrected chi connectivity index (χ1v) is 8.62. The average Bonchev–Trinajstić information content (AvgIpc) is 2.72. The average molecular weight is 304 g/mol. The Bertz CT molecular complexity index is 557. The third-order valence-electron chi connectivity index (χ3n) is 7.32. The summed E-state index contributed by atoms with van der Waals surface area (Å²) in [5.74, 6) is 0.917. The van der Waals surface area contributed by atoms with Crippen molar-refractivity contribution in [3.8, 4) is 0 Å². The van der Waals surface area contributed by atoms with Gasteiger partial charge in [-0.15, -0.1) is 0 Å². The lowest BCUT2D eigenvalue weighted by Gasteiger charge is -2.54. The highest BCUT2D eigenvalue weighted by Gasteiger charge is 2.58. The Balaban J connectivity index is 1.74. The lowest BCUT2D eigenvalue weighted by molar-refractivity contribution is 0.0469. The summed E-state index contributed by atoms with van der Waals surface area (Å²) in [6, 6.07) is -0.108. The molecule has 1 aliphatic heterocycles. The molecule has 5 N–H and O–H groups in total. The maximum absolute atomic E-state index is 10.3. The molecule has 4 heteroatoms. The van der Waals surface area contributed by atoms with E-state index in [1.165, 1.54) is 11.1 Å². The highest BCUT2D eigenvalue weighted by Crippen LogP contribution is 2.61. The largest absolute Gasteiger partial charge is 0.391 e. The molecule has 122 valence electrons. The lowest BCUT2D eigenvalue weighted by Crippen LogP contribution is -2.54. The zero-order valence-electron chi connectivity index (χ0n) is 13.5. The molecule has 0 spiro atoms. The zero-order valence-corrected chi connectivity index (χ0v) is 13.5. The molecule has 22 heavy (non-hydrogen) atoms. The van der Waals surface area contributed by atoms with Crippen LogP contribution < -0.4 is 11.1 Å². The molecule has 0 radical (unpaired) electrons. The van der Waals surface area contributed by atoms with Crippen LogP contribution in [0.5, 0.6) is 0 Å². The summed E-state index contributed by atoms with van der Waals surface area (Å²) >= 11 is 0. The minimum Gasteiger partial charge on any atom is -0.391 e. The number of allylic oxidation sites excluding steroid dienone is 3. The van der Waals surface area contributed by atoms with Crippen molar-refractivity contribution in [1.29, 1.82) is 0 Å². The number of aliphatic hydroxyl groups excluding tert-OH is 2. The maximum atomic E-state index is 10.3. The van der Waals surface area contributed by atoms with Crippen LogP contribution in [0.3, 0.4) is 0 Å². The molecular weight excluding hydrogens is 276 g/mol. The first-order valence-electron chi connectivity index (χ1n) is 8.62. The molecule has 1 heterocycles. The molecule has 4 rings (SSSR count). The highest BCUT2D eigenvalue weighted by atomic mass is 16.3. The van der Waals surface area contributed by atoms with Crippen LogP contribution in [-0.4, -0.2) is 35.1 Å². The predicted octanol–water partition coefficient (Wildman–Crippen LogP) is 1.30. The third kappa shape index (κ3) is 1.78. The van der Waals surface area contributed by atoms with Crippen LogP contribution >= 0.6 is 0 Å². The Morgan fingerprint density at radius 3 is 2.77 bits per heavy atom. The number of piperidine rings is 1. The summed E-state index contributed by atoms with van der Waals surface area (Å²) in [6.07, 6.45) is 7.47. The van der Waals surface area contributed by atoms with E-state index in [0.717, 1.165) is 32.2 Å². The van der Waals surface area contributed by atoms with E-state index in [1.54, 1.807) is 0 Å². The van der Waals surface area contributed by atoms with Crippen molar-refractivity contribution in [2.45, 2.75) is 57.9 Å². The fourth-order valence-corrected chi connectivity index (χ4v) is 5.73. The summed E-state index contributed by atoms with van der Waals surface area (Å²) in [4.78, 5) is 0. The first kappa shape index (κ1) is 14.9. The zero-order chi connectivity index (χ0) is 15.7. The molecule has 3 unspecified atom stereocenters. The van der Waals surface area contributed by atoms with Gasteiger partial charge in [0.2, 0.25) is 0 Å². The van der Waals surface area contributed by atoms with Gasteiger partial charge in [0.25, 0.3) is 0 Å². The Hall–Kier alpha value is -0.680. The van der Waals surface area contributed by atoms with Crippen LogP contribution in [0.25, 0.3) is 0 Å². The highest BCUT2D eigenvalue weighted by molar-refractivity contribution is 5.39. The molecule has 0 aromatic heterocycles. The van der Waals surface area contributed by atoms with Crippen molar-refractivity contribution in [2.75, 3.05) is 6.54 Å². The minimum atomic E-state index is -0.412. The van der Waals surface area contributed by atoms with Gasteiger partial charge in [-0.1, -0.05) is 37.1 Å². The van der Waals surface area contributed by atoms with Crippen LogP contribution in [-0.2, 0) is 0 Å². The number of hydrogen-bond acceptors (Lipinski definition) is 4. The van der Waals surface area contributed by atoms with Gasteiger partial charge in [-0.25, -0.2) is 0 Å². The number of nitrogens with one attached hydrogen (secondary N) is 1. The van der Waals surface area contributed by atoms with Crippen LogP contribution in [0.2, 0.25) is 0 Å². The fraction of sp³-hybridized carbons (Fsp3) is 0.778. The van der Waals surface area contributed by atoms with E-state index in [2.05, 4.69) is 31.3 Å². The van der Waals surface area contributed by atoms with Gasteiger partial charge in [0.1, 0.15) is 6.23 Å². The Morgan fingerprint density at radius 2 is 2.00 bits per heavy atom. The van der Waals surface area contributed by atoms with Crippen LogP contribution in [0.15, 0.2) is 23.3 Å². The van der Waals surface area contributed by atoms with Crippen molar-refractivity contribution < 1.29 is 10.2 Å². The van der Waals surface area contributed by atoms with Crippen molar-refractivity contribution in [3.05, 3.63) is 23.3 Å². The second kappa shape index (κ2) is 4.67. The second-order valence-electron chi connectivity index (χ2n) is 8.36. The van der Waals surface area contributed by atoms with Gasteiger partial charge in [-0.05, 0) is 36.5 Å². The predicted molar refractivity (Wildman–Crippen MR) is 85.8 cm³/mol. The van der Waals surface area contributed by atoms with E-state index in [4.69, 9.17) is 5.73 Å². The Labute approximate surface area is 132 Å². The van der Waals surface area contributed by atoms with Crippen molar-refractivity contribution >= 4 is 0 Å². The molecule has 1 saturated heterocycles. The van der Waals surface area contributed by atoms with E-state index in [1.807, 2.05) is 0 Å². The molecule has 0 amide bonds. The number of hydrogen-bond donors (Lipinski definition) is 4. The number of rotatable bonds is 0. The number of aliphatic hydroxyl groups is 2. The third-order valence-corrected chi connectivity index (χ3v) is 7.32. The Kier molecular flexibility index (Phi) is 3.16. The van der Waals surface area contributed by atoms with E-state index >= 15 is 0 Å². The van der Waals surface area contributed by atoms with Gasteiger partial charge in [-0.3, -0.25) is 5.32 Å². The van der Waals surface area contributed by atoms with Gasteiger partial charge in [0.05, 0.1) is 6.10 Å². The smallest absolute Gasteiger partial charge is 0.108 e. The summed E-state index contributed by atoms with van der Waals surface area (Å²) in [5, 5.41) is 23.5. The standard InChI is InChI=1S/C18H28N2O2/c1-17-6-5-12-11(13(17)8-14(21)16(17)19)4-3-10-7-15(22)20-9-18(10,12)2/h3-4,12-16,20-22H,5-9,19H2,1-2H3/t12-,13+,14?,15?,16?,17+,18+/m1/s1. The molecule has 0 aromatic rings. The van der Waals surface area contributed by atoms with Crippen molar-refractivity contribution in [3.63, 3.8) is 0 Å². The molecule has 3 aliphatic carbocycles. The topological polar surface area (TPSA) is 78.5 Å². The van der Waals surface area contributed by atoms with Gasteiger partial charge in [0.15, 0.2) is 0 Å². The number of fused-ring (bicyclic) bond motifs is 5. The maximum Gasteiger partial charge on any atom is 0.108 e. The van der Waals surface area contributed by atoms with E-state index in [0.29, 0.717) is 11.8 Å².